The van der Waals surface area contributed by atoms with Gasteiger partial charge in [-0.15, -0.1) is 0 Å². The first-order valence-corrected chi connectivity index (χ1v) is 9.64. The Kier molecular flexibility index (Phi) is 7.98. The number of quaternary nitrogens is 1. The molecule has 1 saturated heterocycles. The molecule has 1 fully saturated rings. The predicted molar refractivity (Wildman–Crippen MR) is 106 cm³/mol. The van der Waals surface area contributed by atoms with Crippen LogP contribution in [0.25, 0.3) is 0 Å². The van der Waals surface area contributed by atoms with Gasteiger partial charge in [0.05, 0.1) is 37.2 Å². The summed E-state index contributed by atoms with van der Waals surface area (Å²) in [6.07, 6.45) is 1.76. The maximum absolute atomic E-state index is 13.1. The fraction of sp³-hybridized carbons (Fsp3) is 0.381. The number of hydrogen-bond donors (Lipinski definition) is 0. The Hall–Kier alpha value is -0.820. The summed E-state index contributed by atoms with van der Waals surface area (Å²) in [7, 11) is 4.42. The number of carbonyl (C=O) groups is 1. The van der Waals surface area contributed by atoms with Crippen LogP contribution in [0.2, 0.25) is 10.0 Å². The third-order valence-electron chi connectivity index (χ3n) is 5.04. The Morgan fingerprint density at radius 2 is 1.63 bits per heavy atom. The van der Waals surface area contributed by atoms with Gasteiger partial charge in [-0.2, -0.15) is 0 Å². The summed E-state index contributed by atoms with van der Waals surface area (Å²) in [5.74, 6) is -0.734. The number of ether oxygens (including phenoxy) is 1. The Bertz CT molecular complexity index is 773. The molecule has 1 unspecified atom stereocenters. The maximum atomic E-state index is 13.1. The topological polar surface area (TPSA) is 26.3 Å². The van der Waals surface area contributed by atoms with Crippen molar-refractivity contribution >= 4 is 29.2 Å². The lowest BCUT2D eigenvalue weighted by molar-refractivity contribution is -0.896. The number of piperidine rings is 1. The Morgan fingerprint density at radius 3 is 2.22 bits per heavy atom. The van der Waals surface area contributed by atoms with Crippen LogP contribution in [0.1, 0.15) is 29.9 Å². The van der Waals surface area contributed by atoms with Gasteiger partial charge in [-0.1, -0.05) is 59.6 Å². The molecule has 0 N–H and O–H groups in total. The monoisotopic (exact) mass is 519 g/mol. The molecule has 0 aliphatic carbocycles. The Morgan fingerprint density at radius 1 is 1.00 bits per heavy atom. The molecule has 0 spiro atoms. The van der Waals surface area contributed by atoms with Gasteiger partial charge in [-0.3, -0.25) is 4.79 Å². The Labute approximate surface area is 188 Å². The van der Waals surface area contributed by atoms with Gasteiger partial charge in [-0.05, 0) is 23.3 Å². The minimum atomic E-state index is -0.504. The summed E-state index contributed by atoms with van der Waals surface area (Å²) < 4.78 is 6.88. The largest absolute Gasteiger partial charge is 1.00 e. The van der Waals surface area contributed by atoms with Gasteiger partial charge in [0, 0.05) is 12.8 Å². The second-order valence-corrected chi connectivity index (χ2v) is 8.35. The standard InChI is InChI=1S/C21H24Cl2NO2.HI/c1-24(2)12-10-17(11-13-24)26-21(25)20(15-6-4-3-5-7-15)16-8-9-18(22)19(23)14-16;/h3-9,14,17,20H,10-13H2,1-2H3;1H/q+1;/p-1. The molecule has 0 amide bonds. The first kappa shape index (κ1) is 22.5. The maximum Gasteiger partial charge on any atom is 0.318 e. The lowest BCUT2D eigenvalue weighted by Crippen LogP contribution is -3.00. The minimum Gasteiger partial charge on any atom is -1.00 e. The number of benzene rings is 2. The van der Waals surface area contributed by atoms with Crippen LogP contribution in [0.5, 0.6) is 0 Å². The van der Waals surface area contributed by atoms with Crippen molar-refractivity contribution in [3.05, 3.63) is 69.7 Å². The highest BCUT2D eigenvalue weighted by Gasteiger charge is 2.32. The van der Waals surface area contributed by atoms with Crippen LogP contribution in [0.15, 0.2) is 48.5 Å². The molecule has 0 radical (unpaired) electrons. The number of carbonyl (C=O) groups excluding carboxylic acids is 1. The fourth-order valence-corrected chi connectivity index (χ4v) is 3.70. The molecule has 1 heterocycles. The number of rotatable bonds is 4. The summed E-state index contributed by atoms with van der Waals surface area (Å²) in [6.45, 7) is 2.03. The molecule has 2 aromatic rings. The van der Waals surface area contributed by atoms with Crippen molar-refractivity contribution in [2.24, 2.45) is 0 Å². The van der Waals surface area contributed by atoms with Crippen LogP contribution >= 0.6 is 23.2 Å². The fourth-order valence-electron chi connectivity index (χ4n) is 3.40. The van der Waals surface area contributed by atoms with Crippen molar-refractivity contribution in [1.29, 1.82) is 0 Å². The number of nitrogens with zero attached hydrogens (tertiary/aromatic N) is 1. The second kappa shape index (κ2) is 9.59. The van der Waals surface area contributed by atoms with Crippen LogP contribution < -0.4 is 24.0 Å². The van der Waals surface area contributed by atoms with Gasteiger partial charge in [-0.25, -0.2) is 0 Å². The van der Waals surface area contributed by atoms with Crippen LogP contribution in [-0.2, 0) is 9.53 Å². The molecule has 0 saturated carbocycles. The molecule has 1 atom stereocenters. The zero-order valence-corrected chi connectivity index (χ0v) is 19.2. The van der Waals surface area contributed by atoms with Crippen molar-refractivity contribution < 1.29 is 38.0 Å². The van der Waals surface area contributed by atoms with Gasteiger partial charge in [0.1, 0.15) is 12.0 Å². The minimum absolute atomic E-state index is 0. The van der Waals surface area contributed by atoms with E-state index in [0.29, 0.717) is 10.0 Å². The smallest absolute Gasteiger partial charge is 0.318 e. The van der Waals surface area contributed by atoms with Gasteiger partial charge in [0.2, 0.25) is 0 Å². The van der Waals surface area contributed by atoms with Crippen LogP contribution in [0.3, 0.4) is 0 Å². The average Bonchev–Trinajstić information content (AvgIpc) is 2.61. The van der Waals surface area contributed by atoms with Crippen molar-refractivity contribution in [3.8, 4) is 0 Å². The molecular weight excluding hydrogens is 496 g/mol. The van der Waals surface area contributed by atoms with Crippen molar-refractivity contribution in [2.45, 2.75) is 24.9 Å². The first-order chi connectivity index (χ1) is 12.4. The molecule has 1 aliphatic rings. The van der Waals surface area contributed by atoms with Crippen LogP contribution in [-0.4, -0.2) is 43.7 Å². The Balaban J connectivity index is 0.00000261. The predicted octanol–water partition coefficient (Wildman–Crippen LogP) is 1.91. The van der Waals surface area contributed by atoms with Crippen molar-refractivity contribution in [2.75, 3.05) is 27.2 Å². The highest BCUT2D eigenvalue weighted by atomic mass is 127. The van der Waals surface area contributed by atoms with Gasteiger partial charge < -0.3 is 33.2 Å². The van der Waals surface area contributed by atoms with E-state index < -0.39 is 5.92 Å². The van der Waals surface area contributed by atoms with Gasteiger partial charge >= 0.3 is 5.97 Å². The highest BCUT2D eigenvalue weighted by molar-refractivity contribution is 6.42. The van der Waals surface area contributed by atoms with E-state index in [9.17, 15) is 4.79 Å². The number of hydrogen-bond acceptors (Lipinski definition) is 2. The number of esters is 1. The normalized spacial score (nSPS) is 17.6. The van der Waals surface area contributed by atoms with Crippen LogP contribution in [0.4, 0.5) is 0 Å². The third kappa shape index (κ3) is 5.83. The molecule has 0 bridgehead atoms. The summed E-state index contributed by atoms with van der Waals surface area (Å²) in [6, 6.07) is 15.0. The van der Waals surface area contributed by atoms with E-state index in [4.69, 9.17) is 27.9 Å². The quantitative estimate of drug-likeness (QED) is 0.350. The van der Waals surface area contributed by atoms with Gasteiger partial charge in [0.15, 0.2) is 0 Å². The molecule has 2 aromatic carbocycles. The summed E-state index contributed by atoms with van der Waals surface area (Å²) >= 11 is 12.2. The second-order valence-electron chi connectivity index (χ2n) is 7.54. The van der Waals surface area contributed by atoms with Crippen LogP contribution in [0, 0.1) is 0 Å². The molecule has 3 nitrogen and oxygen atoms in total. The van der Waals surface area contributed by atoms with E-state index in [1.54, 1.807) is 12.1 Å². The summed E-state index contributed by atoms with van der Waals surface area (Å²) in [4.78, 5) is 13.1. The third-order valence-corrected chi connectivity index (χ3v) is 5.78. The molecule has 146 valence electrons. The molecule has 1 aliphatic heterocycles. The van der Waals surface area contributed by atoms with E-state index in [0.717, 1.165) is 41.5 Å². The van der Waals surface area contributed by atoms with Crippen molar-refractivity contribution in [1.82, 2.24) is 0 Å². The number of halogens is 3. The van der Waals surface area contributed by atoms with Gasteiger partial charge in [0.25, 0.3) is 0 Å². The molecule has 3 rings (SSSR count). The first-order valence-electron chi connectivity index (χ1n) is 8.88. The number of likely N-dealkylation sites (tertiary alicyclic amines) is 1. The summed E-state index contributed by atoms with van der Waals surface area (Å²) in [5.41, 5.74) is 1.69. The van der Waals surface area contributed by atoms with E-state index in [1.807, 2.05) is 36.4 Å². The van der Waals surface area contributed by atoms with Crippen molar-refractivity contribution in [3.63, 3.8) is 0 Å². The summed E-state index contributed by atoms with van der Waals surface area (Å²) in [5, 5.41) is 0.914. The van der Waals surface area contributed by atoms with E-state index in [2.05, 4.69) is 14.1 Å². The molecule has 6 heteroatoms. The average molecular weight is 520 g/mol. The molecule has 27 heavy (non-hydrogen) atoms. The zero-order valence-electron chi connectivity index (χ0n) is 15.5. The zero-order chi connectivity index (χ0) is 18.7. The SMILES string of the molecule is C[N+]1(C)CCC(OC(=O)C(c2ccccc2)c2ccc(Cl)c(Cl)c2)CC1.[I-]. The highest BCUT2D eigenvalue weighted by Crippen LogP contribution is 2.32. The molecular formula is C21H24Cl2INO2. The van der Waals surface area contributed by atoms with E-state index in [1.165, 1.54) is 0 Å². The lowest BCUT2D eigenvalue weighted by Gasteiger charge is -2.37. The van der Waals surface area contributed by atoms with E-state index >= 15 is 0 Å². The van der Waals surface area contributed by atoms with E-state index in [-0.39, 0.29) is 36.0 Å². The lowest BCUT2D eigenvalue weighted by atomic mass is 9.91. The molecule has 0 aromatic heterocycles.